The van der Waals surface area contributed by atoms with E-state index in [0.29, 0.717) is 0 Å². The molecule has 210 valence electrons. The van der Waals surface area contributed by atoms with Gasteiger partial charge in [0.2, 0.25) is 0 Å². The predicted molar refractivity (Wildman–Crippen MR) is 190 cm³/mol. The van der Waals surface area contributed by atoms with E-state index in [0.717, 1.165) is 38.8 Å². The lowest BCUT2D eigenvalue weighted by Gasteiger charge is -2.18. The molecule has 45 heavy (non-hydrogen) atoms. The van der Waals surface area contributed by atoms with Crippen LogP contribution in [0, 0.1) is 0 Å². The van der Waals surface area contributed by atoms with Gasteiger partial charge in [-0.05, 0) is 72.3 Å². The summed E-state index contributed by atoms with van der Waals surface area (Å²) in [5.41, 5.74) is 9.24. The van der Waals surface area contributed by atoms with Gasteiger partial charge in [-0.2, -0.15) is 0 Å². The Hall–Kier alpha value is -5.92. The molecular formula is C44H28O. The monoisotopic (exact) mass is 572 g/mol. The van der Waals surface area contributed by atoms with Crippen LogP contribution >= 0.6 is 0 Å². The maximum absolute atomic E-state index is 6.70. The first-order chi connectivity index (χ1) is 22.3. The summed E-state index contributed by atoms with van der Waals surface area (Å²) in [5, 5.41) is 8.52. The first-order valence-electron chi connectivity index (χ1n) is 15.4. The minimum atomic E-state index is 0.895. The largest absolute Gasteiger partial charge is 0.455 e. The van der Waals surface area contributed by atoms with Crippen LogP contribution in [0.5, 0.6) is 0 Å². The van der Waals surface area contributed by atoms with Gasteiger partial charge in [0.15, 0.2) is 0 Å². The van der Waals surface area contributed by atoms with Crippen LogP contribution in [0.25, 0.3) is 88.0 Å². The lowest BCUT2D eigenvalue weighted by molar-refractivity contribution is 0.633. The molecule has 1 nitrogen and oxygen atoms in total. The maximum Gasteiger partial charge on any atom is 0.143 e. The van der Waals surface area contributed by atoms with Crippen molar-refractivity contribution in [2.24, 2.45) is 0 Å². The van der Waals surface area contributed by atoms with Crippen LogP contribution in [0.4, 0.5) is 0 Å². The molecule has 8 aromatic carbocycles. The summed E-state index contributed by atoms with van der Waals surface area (Å²) in [6.07, 6.45) is 0. The number of benzene rings is 8. The molecule has 0 spiro atoms. The zero-order chi connectivity index (χ0) is 29.7. The molecule has 0 amide bonds. The van der Waals surface area contributed by atoms with E-state index in [1.807, 2.05) is 6.07 Å². The molecular weight excluding hydrogens is 544 g/mol. The van der Waals surface area contributed by atoms with E-state index in [9.17, 15) is 0 Å². The van der Waals surface area contributed by atoms with Gasteiger partial charge in [0, 0.05) is 16.5 Å². The highest BCUT2D eigenvalue weighted by molar-refractivity contribution is 6.24. The Morgan fingerprint density at radius 2 is 0.800 bits per heavy atom. The zero-order valence-corrected chi connectivity index (χ0v) is 24.6. The molecule has 1 heteroatoms. The Bertz CT molecular complexity index is 2450. The molecule has 0 saturated heterocycles. The van der Waals surface area contributed by atoms with Crippen molar-refractivity contribution in [2.45, 2.75) is 0 Å². The minimum absolute atomic E-state index is 0.895. The fraction of sp³-hybridized carbons (Fsp3) is 0. The van der Waals surface area contributed by atoms with Crippen LogP contribution in [0.2, 0.25) is 0 Å². The van der Waals surface area contributed by atoms with E-state index in [-0.39, 0.29) is 0 Å². The van der Waals surface area contributed by atoms with Gasteiger partial charge in [-0.25, -0.2) is 0 Å². The molecule has 0 aliphatic carbocycles. The van der Waals surface area contributed by atoms with E-state index in [1.54, 1.807) is 0 Å². The van der Waals surface area contributed by atoms with Crippen LogP contribution in [-0.2, 0) is 0 Å². The zero-order valence-electron chi connectivity index (χ0n) is 24.6. The maximum atomic E-state index is 6.70. The van der Waals surface area contributed by atoms with Crippen LogP contribution in [0.15, 0.2) is 174 Å². The highest BCUT2D eigenvalue weighted by Gasteiger charge is 2.21. The molecule has 9 aromatic rings. The average molecular weight is 573 g/mol. The Balaban J connectivity index is 1.40. The number of hydrogen-bond donors (Lipinski definition) is 0. The van der Waals surface area contributed by atoms with Gasteiger partial charge < -0.3 is 4.42 Å². The van der Waals surface area contributed by atoms with Crippen LogP contribution in [0.3, 0.4) is 0 Å². The fourth-order valence-corrected chi connectivity index (χ4v) is 7.10. The summed E-state index contributed by atoms with van der Waals surface area (Å²) < 4.78 is 6.70. The van der Waals surface area contributed by atoms with Crippen LogP contribution in [-0.4, -0.2) is 0 Å². The molecule has 0 fully saturated rings. The number of hydrogen-bond acceptors (Lipinski definition) is 1. The summed E-state index contributed by atoms with van der Waals surface area (Å²) in [6, 6.07) is 60.8. The SMILES string of the molecule is c1ccc(-c2oc3cc4cccc(-c5c6ccccc6c(-c6ccccc6)c6ccccc56)c4cc3c2-c2ccccc2)cc1. The summed E-state index contributed by atoms with van der Waals surface area (Å²) in [6.45, 7) is 0. The van der Waals surface area contributed by atoms with E-state index >= 15 is 0 Å². The molecule has 0 aliphatic rings. The van der Waals surface area contributed by atoms with Crippen molar-refractivity contribution < 1.29 is 4.42 Å². The third-order valence-electron chi connectivity index (χ3n) is 9.05. The number of furan rings is 1. The molecule has 0 saturated carbocycles. The molecule has 1 aromatic heterocycles. The van der Waals surface area contributed by atoms with Gasteiger partial charge in [0.05, 0.1) is 0 Å². The standard InChI is InChI=1S/C44H28O/c1-4-15-29(16-5-1)41-33-22-10-12-24-35(33)43(36-25-13-11-23-34(36)41)37-26-14-21-32-27-40-39(28-38(32)37)42(30-17-6-2-7-18-30)44(45-40)31-19-8-3-9-20-31/h1-28H. The molecule has 0 unspecified atom stereocenters. The summed E-state index contributed by atoms with van der Waals surface area (Å²) >= 11 is 0. The van der Waals surface area contributed by atoms with Crippen molar-refractivity contribution in [1.82, 2.24) is 0 Å². The third-order valence-corrected chi connectivity index (χ3v) is 9.05. The topological polar surface area (TPSA) is 13.1 Å². The Morgan fingerprint density at radius 3 is 1.38 bits per heavy atom. The van der Waals surface area contributed by atoms with Crippen LogP contribution in [0.1, 0.15) is 0 Å². The second-order valence-electron chi connectivity index (χ2n) is 11.6. The summed E-state index contributed by atoms with van der Waals surface area (Å²) in [4.78, 5) is 0. The fourth-order valence-electron chi connectivity index (χ4n) is 7.10. The highest BCUT2D eigenvalue weighted by Crippen LogP contribution is 2.47. The van der Waals surface area contributed by atoms with Crippen molar-refractivity contribution in [3.05, 3.63) is 170 Å². The van der Waals surface area contributed by atoms with Crippen molar-refractivity contribution in [2.75, 3.05) is 0 Å². The molecule has 0 atom stereocenters. The molecule has 0 radical (unpaired) electrons. The number of fused-ring (bicyclic) bond motifs is 4. The second kappa shape index (κ2) is 10.4. The highest BCUT2D eigenvalue weighted by atomic mass is 16.3. The van der Waals surface area contributed by atoms with Gasteiger partial charge in [-0.15, -0.1) is 0 Å². The van der Waals surface area contributed by atoms with E-state index in [1.165, 1.54) is 49.2 Å². The van der Waals surface area contributed by atoms with Crippen molar-refractivity contribution >= 4 is 43.3 Å². The first kappa shape index (κ1) is 25.6. The normalized spacial score (nSPS) is 11.6. The van der Waals surface area contributed by atoms with Gasteiger partial charge >= 0.3 is 0 Å². The molecule has 1 heterocycles. The van der Waals surface area contributed by atoms with Crippen molar-refractivity contribution in [3.8, 4) is 44.7 Å². The smallest absolute Gasteiger partial charge is 0.143 e. The van der Waals surface area contributed by atoms with E-state index < -0.39 is 0 Å². The molecule has 0 N–H and O–H groups in total. The van der Waals surface area contributed by atoms with Crippen LogP contribution < -0.4 is 0 Å². The quantitative estimate of drug-likeness (QED) is 0.191. The van der Waals surface area contributed by atoms with Gasteiger partial charge in [-0.3, -0.25) is 0 Å². The minimum Gasteiger partial charge on any atom is -0.455 e. The lowest BCUT2D eigenvalue weighted by Crippen LogP contribution is -1.91. The summed E-state index contributed by atoms with van der Waals surface area (Å²) in [5.74, 6) is 0.900. The third kappa shape index (κ3) is 4.09. The van der Waals surface area contributed by atoms with Crippen molar-refractivity contribution in [1.29, 1.82) is 0 Å². The van der Waals surface area contributed by atoms with Gasteiger partial charge in [0.25, 0.3) is 0 Å². The molecule has 0 bridgehead atoms. The Kier molecular flexibility index (Phi) is 5.89. The molecule has 0 aliphatic heterocycles. The predicted octanol–water partition coefficient (Wildman–Crippen LogP) is 12.6. The Labute approximate surface area is 261 Å². The van der Waals surface area contributed by atoms with E-state index in [4.69, 9.17) is 4.42 Å². The summed E-state index contributed by atoms with van der Waals surface area (Å²) in [7, 11) is 0. The first-order valence-corrected chi connectivity index (χ1v) is 15.4. The van der Waals surface area contributed by atoms with Gasteiger partial charge in [-0.1, -0.05) is 158 Å². The second-order valence-corrected chi connectivity index (χ2v) is 11.6. The molecule has 9 rings (SSSR count). The Morgan fingerprint density at radius 1 is 0.311 bits per heavy atom. The number of rotatable bonds is 4. The van der Waals surface area contributed by atoms with Gasteiger partial charge in [0.1, 0.15) is 11.3 Å². The van der Waals surface area contributed by atoms with Crippen molar-refractivity contribution in [3.63, 3.8) is 0 Å². The lowest BCUT2D eigenvalue weighted by atomic mass is 9.84. The average Bonchev–Trinajstić information content (AvgIpc) is 3.49. The van der Waals surface area contributed by atoms with E-state index in [2.05, 4.69) is 164 Å².